The van der Waals surface area contributed by atoms with Crippen LogP contribution in [0.5, 0.6) is 0 Å². The minimum absolute atomic E-state index is 0.110. The van der Waals surface area contributed by atoms with E-state index >= 15 is 0 Å². The van der Waals surface area contributed by atoms with Gasteiger partial charge in [-0.3, -0.25) is 4.79 Å². The standard InChI is InChI=1S/C54H101NO3/c1-3-5-7-9-11-13-15-17-18-19-20-21-22-23-24-25-26-27-28-29-30-31-32-33-34-35-36-38-39-41-43-45-47-49-53(57)52(51-56)55-54(58)50-48-46-44-42-40-37-16-14-12-10-8-6-4-2/h6,8,12,14,37,40,44,46,52-53,56-57H,3-5,7,9-11,13,15-36,38-39,41-43,45,47-51H2,1-2H3,(H,55,58)/b8-6-,14-12-,40-37-,46-44-. The van der Waals surface area contributed by atoms with E-state index in [4.69, 9.17) is 0 Å². The summed E-state index contributed by atoms with van der Waals surface area (Å²) in [7, 11) is 0. The van der Waals surface area contributed by atoms with Crippen LogP contribution < -0.4 is 5.32 Å². The van der Waals surface area contributed by atoms with Crippen LogP contribution in [-0.4, -0.2) is 34.9 Å². The molecule has 0 aromatic carbocycles. The van der Waals surface area contributed by atoms with Gasteiger partial charge >= 0.3 is 0 Å². The second-order valence-corrected chi connectivity index (χ2v) is 17.6. The zero-order valence-electron chi connectivity index (χ0n) is 39.1. The highest BCUT2D eigenvalue weighted by Crippen LogP contribution is 2.17. The van der Waals surface area contributed by atoms with Gasteiger partial charge in [0.15, 0.2) is 0 Å². The van der Waals surface area contributed by atoms with E-state index in [2.05, 4.69) is 61.7 Å². The maximum Gasteiger partial charge on any atom is 0.220 e. The number of hydrogen-bond donors (Lipinski definition) is 3. The quantitative estimate of drug-likeness (QED) is 0.0423. The van der Waals surface area contributed by atoms with Crippen molar-refractivity contribution in [1.82, 2.24) is 5.32 Å². The third-order valence-corrected chi connectivity index (χ3v) is 11.9. The molecule has 0 saturated heterocycles. The lowest BCUT2D eigenvalue weighted by Gasteiger charge is -2.22. The molecule has 0 spiro atoms. The van der Waals surface area contributed by atoms with Gasteiger partial charge in [0.2, 0.25) is 5.91 Å². The SMILES string of the molecule is CC/C=C\C/C=C\C/C=C\C/C=C\CCC(=O)NC(CO)C(O)CCCCCCCCCCCCCCCCCCCCCCCCCCCCCCCCCCC. The van der Waals surface area contributed by atoms with Crippen molar-refractivity contribution < 1.29 is 15.0 Å². The van der Waals surface area contributed by atoms with Crippen LogP contribution in [0.25, 0.3) is 0 Å². The molecule has 0 aliphatic carbocycles. The lowest BCUT2D eigenvalue weighted by atomic mass is 10.0. The second kappa shape index (κ2) is 49.7. The number of aliphatic hydroxyl groups is 2. The number of nitrogens with one attached hydrogen (secondary N) is 1. The molecule has 2 unspecified atom stereocenters. The number of aliphatic hydroxyl groups excluding tert-OH is 2. The zero-order chi connectivity index (χ0) is 42.1. The Morgan fingerprint density at radius 2 is 0.724 bits per heavy atom. The smallest absolute Gasteiger partial charge is 0.220 e. The van der Waals surface area contributed by atoms with Crippen molar-refractivity contribution in [3.63, 3.8) is 0 Å². The number of hydrogen-bond acceptors (Lipinski definition) is 3. The second-order valence-electron chi connectivity index (χ2n) is 17.6. The molecule has 58 heavy (non-hydrogen) atoms. The van der Waals surface area contributed by atoms with Crippen molar-refractivity contribution in [3.8, 4) is 0 Å². The highest BCUT2D eigenvalue weighted by molar-refractivity contribution is 5.76. The third kappa shape index (κ3) is 45.4. The van der Waals surface area contributed by atoms with Crippen molar-refractivity contribution >= 4 is 5.91 Å². The molecule has 0 heterocycles. The van der Waals surface area contributed by atoms with Gasteiger partial charge in [0, 0.05) is 6.42 Å². The average molecular weight is 812 g/mol. The Hall–Kier alpha value is -1.65. The van der Waals surface area contributed by atoms with E-state index in [0.717, 1.165) is 38.5 Å². The van der Waals surface area contributed by atoms with E-state index in [1.165, 1.54) is 199 Å². The summed E-state index contributed by atoms with van der Waals surface area (Å²) in [5, 5.41) is 23.1. The zero-order valence-corrected chi connectivity index (χ0v) is 39.1. The fourth-order valence-corrected chi connectivity index (χ4v) is 7.96. The predicted molar refractivity (Wildman–Crippen MR) is 258 cm³/mol. The molecule has 0 bridgehead atoms. The topological polar surface area (TPSA) is 69.6 Å². The van der Waals surface area contributed by atoms with Gasteiger partial charge in [-0.25, -0.2) is 0 Å². The van der Waals surface area contributed by atoms with Gasteiger partial charge in [0.1, 0.15) is 0 Å². The molecule has 0 aliphatic rings. The molecule has 4 heteroatoms. The molecule has 0 fully saturated rings. The number of amides is 1. The molecule has 2 atom stereocenters. The number of carbonyl (C=O) groups excluding carboxylic acids is 1. The predicted octanol–water partition coefficient (Wildman–Crippen LogP) is 16.7. The molecule has 0 rings (SSSR count). The van der Waals surface area contributed by atoms with E-state index in [0.29, 0.717) is 19.3 Å². The summed E-state index contributed by atoms with van der Waals surface area (Å²) in [6.07, 6.45) is 68.3. The van der Waals surface area contributed by atoms with Crippen molar-refractivity contribution in [2.24, 2.45) is 0 Å². The highest BCUT2D eigenvalue weighted by Gasteiger charge is 2.19. The highest BCUT2D eigenvalue weighted by atomic mass is 16.3. The van der Waals surface area contributed by atoms with Gasteiger partial charge in [-0.2, -0.15) is 0 Å². The molecule has 3 N–H and O–H groups in total. The number of allylic oxidation sites excluding steroid dienone is 8. The Balaban J connectivity index is 3.42. The molecule has 0 saturated carbocycles. The van der Waals surface area contributed by atoms with Crippen LogP contribution in [0.15, 0.2) is 48.6 Å². The lowest BCUT2D eigenvalue weighted by Crippen LogP contribution is -2.45. The van der Waals surface area contributed by atoms with Gasteiger partial charge in [0.05, 0.1) is 18.8 Å². The maximum atomic E-state index is 12.3. The summed E-state index contributed by atoms with van der Waals surface area (Å²) < 4.78 is 0. The fraction of sp³-hybridized carbons (Fsp3) is 0.833. The van der Waals surface area contributed by atoms with Crippen LogP contribution in [0.1, 0.15) is 271 Å². The fourth-order valence-electron chi connectivity index (χ4n) is 7.96. The molecule has 4 nitrogen and oxygen atoms in total. The summed E-state index contributed by atoms with van der Waals surface area (Å²) in [6, 6.07) is -0.576. The van der Waals surface area contributed by atoms with Crippen LogP contribution in [0, 0.1) is 0 Å². The average Bonchev–Trinajstić information content (AvgIpc) is 3.23. The van der Waals surface area contributed by atoms with E-state index < -0.39 is 12.1 Å². The maximum absolute atomic E-state index is 12.3. The Morgan fingerprint density at radius 3 is 1.03 bits per heavy atom. The van der Waals surface area contributed by atoms with Crippen LogP contribution in [0.2, 0.25) is 0 Å². The molecule has 340 valence electrons. The summed E-state index contributed by atoms with van der Waals surface area (Å²) in [5.74, 6) is -0.110. The number of carbonyl (C=O) groups is 1. The molecule has 0 aromatic heterocycles. The van der Waals surface area contributed by atoms with Crippen LogP contribution >= 0.6 is 0 Å². The number of rotatable bonds is 47. The first-order valence-corrected chi connectivity index (χ1v) is 25.8. The molecule has 0 aliphatic heterocycles. The van der Waals surface area contributed by atoms with Crippen LogP contribution in [0.4, 0.5) is 0 Å². The first-order chi connectivity index (χ1) is 28.7. The molecular weight excluding hydrogens is 711 g/mol. The van der Waals surface area contributed by atoms with Crippen molar-refractivity contribution in [3.05, 3.63) is 48.6 Å². The molecular formula is C54H101NO3. The van der Waals surface area contributed by atoms with E-state index in [1.54, 1.807) is 0 Å². The Labute approximate surface area is 363 Å². The number of unbranched alkanes of at least 4 members (excludes halogenated alkanes) is 32. The van der Waals surface area contributed by atoms with E-state index in [1.807, 2.05) is 6.08 Å². The summed E-state index contributed by atoms with van der Waals surface area (Å²) in [6.45, 7) is 4.22. The van der Waals surface area contributed by atoms with Gasteiger partial charge in [-0.1, -0.05) is 274 Å². The van der Waals surface area contributed by atoms with Gasteiger partial charge in [-0.05, 0) is 38.5 Å². The first kappa shape index (κ1) is 56.4. The van der Waals surface area contributed by atoms with Gasteiger partial charge in [0.25, 0.3) is 0 Å². The monoisotopic (exact) mass is 812 g/mol. The van der Waals surface area contributed by atoms with Crippen molar-refractivity contribution in [2.75, 3.05) is 6.61 Å². The minimum Gasteiger partial charge on any atom is -0.394 e. The normalized spacial score (nSPS) is 13.2. The Morgan fingerprint density at radius 1 is 0.431 bits per heavy atom. The first-order valence-electron chi connectivity index (χ1n) is 25.8. The summed E-state index contributed by atoms with van der Waals surface area (Å²) in [5.41, 5.74) is 0. The largest absolute Gasteiger partial charge is 0.394 e. The minimum atomic E-state index is -0.690. The van der Waals surface area contributed by atoms with Crippen LogP contribution in [0.3, 0.4) is 0 Å². The Kier molecular flexibility index (Phi) is 48.3. The lowest BCUT2D eigenvalue weighted by molar-refractivity contribution is -0.123. The molecule has 0 radical (unpaired) electrons. The molecule has 0 aromatic rings. The van der Waals surface area contributed by atoms with Crippen molar-refractivity contribution in [2.45, 2.75) is 283 Å². The van der Waals surface area contributed by atoms with Gasteiger partial charge in [-0.15, -0.1) is 0 Å². The Bertz CT molecular complexity index is 923. The van der Waals surface area contributed by atoms with E-state index in [9.17, 15) is 15.0 Å². The van der Waals surface area contributed by atoms with Crippen molar-refractivity contribution in [1.29, 1.82) is 0 Å². The van der Waals surface area contributed by atoms with E-state index in [-0.39, 0.29) is 12.5 Å². The summed E-state index contributed by atoms with van der Waals surface area (Å²) >= 11 is 0. The summed E-state index contributed by atoms with van der Waals surface area (Å²) in [4.78, 5) is 12.3. The third-order valence-electron chi connectivity index (χ3n) is 11.9. The van der Waals surface area contributed by atoms with Gasteiger partial charge < -0.3 is 15.5 Å². The molecule has 1 amide bonds. The van der Waals surface area contributed by atoms with Crippen LogP contribution in [-0.2, 0) is 4.79 Å².